The number of nitrogens with zero attached hydrogens (tertiary/aromatic N) is 6. The van der Waals surface area contributed by atoms with Gasteiger partial charge in [0.1, 0.15) is 17.9 Å². The highest BCUT2D eigenvalue weighted by Gasteiger charge is 2.64. The average molecular weight is 799 g/mol. The predicted molar refractivity (Wildman–Crippen MR) is 227 cm³/mol. The lowest BCUT2D eigenvalue weighted by Crippen LogP contribution is -2.74. The zero-order chi connectivity index (χ0) is 41.6. The van der Waals surface area contributed by atoms with Gasteiger partial charge >= 0.3 is 0 Å². The smallest absolute Gasteiger partial charge is 0.275 e. The van der Waals surface area contributed by atoms with Gasteiger partial charge in [0.25, 0.3) is 17.4 Å². The van der Waals surface area contributed by atoms with Gasteiger partial charge < -0.3 is 19.9 Å². The number of aryl methyl sites for hydroxylation is 1. The van der Waals surface area contributed by atoms with Gasteiger partial charge in [0.15, 0.2) is 0 Å². The molecule has 1 atom stereocenters. The number of carbonyl (C=O) groups excluding carboxylic acids is 3. The van der Waals surface area contributed by atoms with Crippen LogP contribution in [-0.4, -0.2) is 90.4 Å². The summed E-state index contributed by atoms with van der Waals surface area (Å²) in [6.45, 7) is 17.2. The number of nitriles is 1. The number of rotatable bonds is 9. The number of hydrogen-bond donors (Lipinski definition) is 2. The van der Waals surface area contributed by atoms with E-state index in [0.29, 0.717) is 22.4 Å². The van der Waals surface area contributed by atoms with Crippen molar-refractivity contribution in [3.05, 3.63) is 93.9 Å². The van der Waals surface area contributed by atoms with Crippen LogP contribution in [0.15, 0.2) is 71.7 Å². The minimum Gasteiger partial charge on any atom is -0.489 e. The Balaban J connectivity index is 0.792. The minimum atomic E-state index is -0.779. The second kappa shape index (κ2) is 15.8. The summed E-state index contributed by atoms with van der Waals surface area (Å²) in [7, 11) is 0. The number of amides is 3. The Kier molecular flexibility index (Phi) is 10.7. The van der Waals surface area contributed by atoms with Gasteiger partial charge in [-0.25, -0.2) is 4.68 Å². The van der Waals surface area contributed by atoms with Crippen LogP contribution in [0.4, 0.5) is 11.4 Å². The van der Waals surface area contributed by atoms with Crippen LogP contribution >= 0.6 is 0 Å². The summed E-state index contributed by atoms with van der Waals surface area (Å²) < 4.78 is 7.68. The third-order valence-corrected chi connectivity index (χ3v) is 13.4. The maximum Gasteiger partial charge on any atom is 0.275 e. The molecule has 0 radical (unpaired) electrons. The van der Waals surface area contributed by atoms with Gasteiger partial charge in [-0.1, -0.05) is 27.7 Å². The predicted octanol–water partition coefficient (Wildman–Crippen LogP) is 5.20. The van der Waals surface area contributed by atoms with Crippen LogP contribution in [0, 0.1) is 35.0 Å². The lowest BCUT2D eigenvalue weighted by molar-refractivity contribution is -0.164. The number of carbonyl (C=O) groups is 3. The molecule has 4 fully saturated rings. The maximum atomic E-state index is 13.5. The van der Waals surface area contributed by atoms with E-state index in [9.17, 15) is 24.4 Å². The summed E-state index contributed by atoms with van der Waals surface area (Å²) >= 11 is 0. The SMILES string of the molecule is Cc1cc(O[C@H]2C(C)(C)[C@H](NC(=O)c3ccc(N4CCC(CN5CCN(c6ccc7c(=O)n([C@H]8CCC(=O)NC8=O)ncc7c6)CC5)CC4)cc3)C2(C)C)ccc1C#N. The molecule has 3 amide bonds. The number of piperazine rings is 1. The summed E-state index contributed by atoms with van der Waals surface area (Å²) in [6, 6.07) is 20.7. The molecule has 4 heterocycles. The fourth-order valence-corrected chi connectivity index (χ4v) is 10.2. The van der Waals surface area contributed by atoms with E-state index < -0.39 is 11.9 Å². The fraction of sp³-hybridized carbons (Fsp3) is 0.478. The Bertz CT molecular complexity index is 2350. The van der Waals surface area contributed by atoms with Crippen LogP contribution in [0.2, 0.25) is 0 Å². The van der Waals surface area contributed by atoms with E-state index in [1.54, 1.807) is 12.3 Å². The second-order valence-corrected chi connectivity index (χ2v) is 18.0. The molecule has 0 unspecified atom stereocenters. The van der Waals surface area contributed by atoms with Gasteiger partial charge in [-0.2, -0.15) is 10.4 Å². The first-order valence-electron chi connectivity index (χ1n) is 20.9. The Hall–Kier alpha value is -5.74. The molecule has 3 aliphatic heterocycles. The van der Waals surface area contributed by atoms with Crippen LogP contribution in [-0.2, 0) is 9.59 Å². The molecular formula is C46H54N8O5. The molecule has 13 nitrogen and oxygen atoms in total. The first-order chi connectivity index (χ1) is 28.2. The number of aromatic nitrogens is 2. The molecule has 3 aromatic carbocycles. The molecule has 4 aromatic rings. The van der Waals surface area contributed by atoms with Crippen LogP contribution in [0.1, 0.15) is 80.9 Å². The van der Waals surface area contributed by atoms with Gasteiger partial charge in [-0.05, 0) is 98.3 Å². The van der Waals surface area contributed by atoms with Crippen molar-refractivity contribution in [3.8, 4) is 11.8 Å². The van der Waals surface area contributed by atoms with Crippen molar-refractivity contribution < 1.29 is 19.1 Å². The topological polar surface area (TPSA) is 153 Å². The van der Waals surface area contributed by atoms with Crippen molar-refractivity contribution in [3.63, 3.8) is 0 Å². The summed E-state index contributed by atoms with van der Waals surface area (Å²) in [5.74, 6) is 0.475. The Morgan fingerprint density at radius 1 is 0.881 bits per heavy atom. The van der Waals surface area contributed by atoms with Crippen molar-refractivity contribution in [2.24, 2.45) is 16.7 Å². The number of fused-ring (bicyclic) bond motifs is 1. The third kappa shape index (κ3) is 7.78. The van der Waals surface area contributed by atoms with Gasteiger partial charge in [0.2, 0.25) is 5.91 Å². The van der Waals surface area contributed by atoms with E-state index in [-0.39, 0.29) is 53.2 Å². The van der Waals surface area contributed by atoms with E-state index in [4.69, 9.17) is 4.74 Å². The van der Waals surface area contributed by atoms with Crippen LogP contribution < -0.4 is 30.7 Å². The molecule has 2 N–H and O–H groups in total. The number of imide groups is 1. The number of piperidine rings is 2. The average Bonchev–Trinajstić information content (AvgIpc) is 3.22. The third-order valence-electron chi connectivity index (χ3n) is 13.4. The maximum absolute atomic E-state index is 13.5. The zero-order valence-electron chi connectivity index (χ0n) is 34.7. The van der Waals surface area contributed by atoms with Crippen molar-refractivity contribution in [1.82, 2.24) is 25.3 Å². The quantitative estimate of drug-likeness (QED) is 0.216. The lowest BCUT2D eigenvalue weighted by Gasteiger charge is -2.63. The summed E-state index contributed by atoms with van der Waals surface area (Å²) in [5, 5.41) is 20.5. The van der Waals surface area contributed by atoms with Crippen LogP contribution in [0.5, 0.6) is 5.75 Å². The molecule has 13 heteroatoms. The molecule has 4 aliphatic rings. The molecule has 1 saturated carbocycles. The highest BCUT2D eigenvalue weighted by atomic mass is 16.5. The van der Waals surface area contributed by atoms with E-state index in [2.05, 4.69) is 76.3 Å². The van der Waals surface area contributed by atoms with Crippen LogP contribution in [0.3, 0.4) is 0 Å². The Morgan fingerprint density at radius 2 is 1.56 bits per heavy atom. The minimum absolute atomic E-state index is 0.0804. The molecule has 8 rings (SSSR count). The number of benzene rings is 3. The lowest BCUT2D eigenvalue weighted by atomic mass is 9.49. The van der Waals surface area contributed by atoms with E-state index in [1.807, 2.05) is 49.4 Å². The molecule has 308 valence electrons. The monoisotopic (exact) mass is 798 g/mol. The number of ether oxygens (including phenoxy) is 1. The van der Waals surface area contributed by atoms with E-state index in [0.717, 1.165) is 86.7 Å². The summed E-state index contributed by atoms with van der Waals surface area (Å²) in [6.07, 6.45) is 4.22. The molecule has 0 spiro atoms. The number of nitrogens with one attached hydrogen (secondary N) is 2. The molecule has 1 aliphatic carbocycles. The first-order valence-corrected chi connectivity index (χ1v) is 20.9. The Labute approximate surface area is 345 Å². The van der Waals surface area contributed by atoms with E-state index >= 15 is 0 Å². The standard InChI is InChI=1S/C46H54N8O5/c1-29-24-36(12-8-32(29)26-47)59-44-45(2,3)43(46(44,4)5)50-40(56)31-6-9-34(10-7-31)52-18-16-30(17-19-52)28-51-20-22-53(23-21-51)35-11-13-37-33(25-35)27-48-54(42(37)58)38-14-15-39(55)49-41(38)57/h6-13,24-25,27,30,38,43-44H,14-23,28H2,1-5H3,(H,50,56)(H,49,55,57)/t38-,43-,44-/m0/s1. The number of anilines is 2. The highest BCUT2D eigenvalue weighted by molar-refractivity contribution is 5.99. The molecule has 0 bridgehead atoms. The van der Waals surface area contributed by atoms with Crippen molar-refractivity contribution >= 4 is 39.9 Å². The van der Waals surface area contributed by atoms with Crippen LogP contribution in [0.25, 0.3) is 10.8 Å². The first kappa shape index (κ1) is 40.1. The van der Waals surface area contributed by atoms with E-state index in [1.165, 1.54) is 4.68 Å². The Morgan fingerprint density at radius 3 is 2.22 bits per heavy atom. The van der Waals surface area contributed by atoms with Gasteiger partial charge in [0.05, 0.1) is 23.2 Å². The van der Waals surface area contributed by atoms with Crippen molar-refractivity contribution in [2.45, 2.75) is 78.5 Å². The van der Waals surface area contributed by atoms with Crippen molar-refractivity contribution in [1.29, 1.82) is 5.26 Å². The second-order valence-electron chi connectivity index (χ2n) is 18.0. The molecule has 59 heavy (non-hydrogen) atoms. The number of hydrogen-bond acceptors (Lipinski definition) is 10. The summed E-state index contributed by atoms with van der Waals surface area (Å²) in [4.78, 5) is 58.1. The largest absolute Gasteiger partial charge is 0.489 e. The highest BCUT2D eigenvalue weighted by Crippen LogP contribution is 2.55. The molecule has 1 aromatic heterocycles. The molecule has 3 saturated heterocycles. The normalized spacial score (nSPS) is 23.3. The zero-order valence-corrected chi connectivity index (χ0v) is 34.7. The van der Waals surface area contributed by atoms with Crippen molar-refractivity contribution in [2.75, 3.05) is 55.6 Å². The van der Waals surface area contributed by atoms with Gasteiger partial charge in [-0.15, -0.1) is 0 Å². The fourth-order valence-electron chi connectivity index (χ4n) is 10.2. The molecular weight excluding hydrogens is 745 g/mol. The van der Waals surface area contributed by atoms with Gasteiger partial charge in [0, 0.05) is 91.4 Å². The van der Waals surface area contributed by atoms with Gasteiger partial charge in [-0.3, -0.25) is 29.4 Å². The summed E-state index contributed by atoms with van der Waals surface area (Å²) in [5.41, 5.74) is 3.45.